The molecule has 0 aromatic heterocycles. The highest BCUT2D eigenvalue weighted by atomic mass is 16.5. The minimum absolute atomic E-state index is 0.0525. The van der Waals surface area contributed by atoms with E-state index < -0.39 is 0 Å². The third-order valence-electron chi connectivity index (χ3n) is 2.78. The Morgan fingerprint density at radius 1 is 0.944 bits per heavy atom. The van der Waals surface area contributed by atoms with Crippen molar-refractivity contribution in [1.29, 1.82) is 0 Å². The van der Waals surface area contributed by atoms with Gasteiger partial charge in [0.25, 0.3) is 0 Å². The first-order valence-corrected chi connectivity index (χ1v) is 6.10. The van der Waals surface area contributed by atoms with Crippen LogP contribution in [0.15, 0.2) is 48.5 Å². The molecule has 0 unspecified atom stereocenters. The molecule has 0 atom stereocenters. The molecule has 2 heteroatoms. The third-order valence-corrected chi connectivity index (χ3v) is 2.78. The van der Waals surface area contributed by atoms with Crippen LogP contribution in [0.5, 0.6) is 11.5 Å². The Morgan fingerprint density at radius 3 is 2.33 bits per heavy atom. The fourth-order valence-electron chi connectivity index (χ4n) is 1.88. The maximum Gasteiger partial charge on any atom is 0.131 e. The Labute approximate surface area is 108 Å². The lowest BCUT2D eigenvalue weighted by Gasteiger charge is -2.22. The van der Waals surface area contributed by atoms with Gasteiger partial charge in [-0.25, -0.2) is 0 Å². The fourth-order valence-corrected chi connectivity index (χ4v) is 1.88. The van der Waals surface area contributed by atoms with E-state index in [-0.39, 0.29) is 5.41 Å². The van der Waals surface area contributed by atoms with E-state index in [4.69, 9.17) is 10.5 Å². The van der Waals surface area contributed by atoms with Crippen LogP contribution in [0, 0.1) is 0 Å². The summed E-state index contributed by atoms with van der Waals surface area (Å²) in [6.07, 6.45) is 0. The molecule has 0 spiro atoms. The minimum Gasteiger partial charge on any atom is -0.457 e. The number of hydrogen-bond donors (Lipinski definition) is 1. The van der Waals surface area contributed by atoms with Crippen molar-refractivity contribution in [2.75, 3.05) is 5.73 Å². The number of benzene rings is 2. The Balaban J connectivity index is 2.35. The predicted molar refractivity (Wildman–Crippen MR) is 76.1 cm³/mol. The van der Waals surface area contributed by atoms with Gasteiger partial charge in [0.15, 0.2) is 0 Å². The van der Waals surface area contributed by atoms with E-state index in [0.717, 1.165) is 11.5 Å². The molecule has 2 rings (SSSR count). The predicted octanol–water partition coefficient (Wildman–Crippen LogP) is 4.36. The lowest BCUT2D eigenvalue weighted by molar-refractivity contribution is 0.455. The summed E-state index contributed by atoms with van der Waals surface area (Å²) in [6, 6.07) is 15.6. The highest BCUT2D eigenvalue weighted by Gasteiger charge is 2.18. The molecule has 2 nitrogen and oxygen atoms in total. The monoisotopic (exact) mass is 241 g/mol. The first-order valence-electron chi connectivity index (χ1n) is 6.10. The average Bonchev–Trinajstić information content (AvgIpc) is 2.28. The lowest BCUT2D eigenvalue weighted by atomic mass is 9.86. The van der Waals surface area contributed by atoms with Gasteiger partial charge in [0.05, 0.1) is 0 Å². The summed E-state index contributed by atoms with van der Waals surface area (Å²) in [5, 5.41) is 0. The Bertz CT molecular complexity index is 541. The van der Waals surface area contributed by atoms with Crippen LogP contribution < -0.4 is 10.5 Å². The lowest BCUT2D eigenvalue weighted by Crippen LogP contribution is -2.12. The van der Waals surface area contributed by atoms with Gasteiger partial charge in [-0.1, -0.05) is 45.0 Å². The molecule has 18 heavy (non-hydrogen) atoms. The van der Waals surface area contributed by atoms with Gasteiger partial charge in [0, 0.05) is 17.3 Å². The van der Waals surface area contributed by atoms with E-state index >= 15 is 0 Å². The van der Waals surface area contributed by atoms with Gasteiger partial charge in [-0.15, -0.1) is 0 Å². The van der Waals surface area contributed by atoms with E-state index in [1.54, 1.807) is 0 Å². The number of nitrogens with two attached hydrogens (primary N) is 1. The maximum atomic E-state index is 5.94. The SMILES string of the molecule is CC(C)(C)c1ccccc1Oc1cccc(N)c1. The number of hydrogen-bond acceptors (Lipinski definition) is 2. The van der Waals surface area contributed by atoms with Gasteiger partial charge >= 0.3 is 0 Å². The number of para-hydroxylation sites is 1. The second-order valence-corrected chi connectivity index (χ2v) is 5.42. The molecule has 2 aromatic rings. The molecule has 0 saturated carbocycles. The largest absolute Gasteiger partial charge is 0.457 e. The van der Waals surface area contributed by atoms with Gasteiger partial charge < -0.3 is 10.5 Å². The van der Waals surface area contributed by atoms with E-state index in [2.05, 4.69) is 26.8 Å². The molecule has 0 heterocycles. The zero-order valence-corrected chi connectivity index (χ0v) is 11.1. The van der Waals surface area contributed by atoms with Crippen LogP contribution in [-0.4, -0.2) is 0 Å². The highest BCUT2D eigenvalue weighted by Crippen LogP contribution is 2.34. The normalized spacial score (nSPS) is 11.3. The van der Waals surface area contributed by atoms with Gasteiger partial charge in [0.2, 0.25) is 0 Å². The molecule has 0 radical (unpaired) electrons. The Kier molecular flexibility index (Phi) is 3.28. The van der Waals surface area contributed by atoms with Gasteiger partial charge in [-0.3, -0.25) is 0 Å². The van der Waals surface area contributed by atoms with Crippen LogP contribution >= 0.6 is 0 Å². The van der Waals surface area contributed by atoms with Crippen molar-refractivity contribution in [1.82, 2.24) is 0 Å². The molecule has 0 bridgehead atoms. The van der Waals surface area contributed by atoms with E-state index in [0.29, 0.717) is 5.69 Å². The van der Waals surface area contributed by atoms with Gasteiger partial charge in [-0.2, -0.15) is 0 Å². The van der Waals surface area contributed by atoms with E-state index in [9.17, 15) is 0 Å². The summed E-state index contributed by atoms with van der Waals surface area (Å²) in [5.41, 5.74) is 7.71. The first kappa shape index (κ1) is 12.5. The molecule has 0 aliphatic rings. The van der Waals surface area contributed by atoms with E-state index in [1.165, 1.54) is 5.56 Å². The summed E-state index contributed by atoms with van der Waals surface area (Å²) in [7, 11) is 0. The van der Waals surface area contributed by atoms with Gasteiger partial charge in [-0.05, 0) is 23.6 Å². The van der Waals surface area contributed by atoms with Crippen molar-refractivity contribution >= 4 is 5.69 Å². The summed E-state index contributed by atoms with van der Waals surface area (Å²) in [4.78, 5) is 0. The van der Waals surface area contributed by atoms with Crippen LogP contribution in [-0.2, 0) is 5.41 Å². The third kappa shape index (κ3) is 2.83. The number of rotatable bonds is 2. The second-order valence-electron chi connectivity index (χ2n) is 5.42. The van der Waals surface area contributed by atoms with Crippen LogP contribution in [0.4, 0.5) is 5.69 Å². The molecule has 2 N–H and O–H groups in total. The van der Waals surface area contributed by atoms with Crippen molar-refractivity contribution in [2.24, 2.45) is 0 Å². The topological polar surface area (TPSA) is 35.2 Å². The highest BCUT2D eigenvalue weighted by molar-refractivity contribution is 5.47. The number of anilines is 1. The van der Waals surface area contributed by atoms with Crippen LogP contribution in [0.25, 0.3) is 0 Å². The van der Waals surface area contributed by atoms with Gasteiger partial charge in [0.1, 0.15) is 11.5 Å². The minimum atomic E-state index is 0.0525. The van der Waals surface area contributed by atoms with Crippen LogP contribution in [0.1, 0.15) is 26.3 Å². The molecule has 0 saturated heterocycles. The Morgan fingerprint density at radius 2 is 1.67 bits per heavy atom. The summed E-state index contributed by atoms with van der Waals surface area (Å²) in [6.45, 7) is 6.53. The molecular formula is C16H19NO. The second kappa shape index (κ2) is 4.73. The van der Waals surface area contributed by atoms with Crippen LogP contribution in [0.3, 0.4) is 0 Å². The summed E-state index contributed by atoms with van der Waals surface area (Å²) >= 11 is 0. The molecule has 0 aliphatic carbocycles. The van der Waals surface area contributed by atoms with Crippen molar-refractivity contribution in [3.8, 4) is 11.5 Å². The quantitative estimate of drug-likeness (QED) is 0.793. The smallest absolute Gasteiger partial charge is 0.131 e. The molecular weight excluding hydrogens is 222 g/mol. The first-order chi connectivity index (χ1) is 8.47. The Hall–Kier alpha value is -1.96. The standard InChI is InChI=1S/C16H19NO/c1-16(2,3)14-9-4-5-10-15(14)18-13-8-6-7-12(17)11-13/h4-11H,17H2,1-3H3. The summed E-state index contributed by atoms with van der Waals surface area (Å²) in [5.74, 6) is 1.65. The van der Waals surface area contributed by atoms with Crippen molar-refractivity contribution in [2.45, 2.75) is 26.2 Å². The summed E-state index contributed by atoms with van der Waals surface area (Å²) < 4.78 is 5.94. The van der Waals surface area contributed by atoms with E-state index in [1.807, 2.05) is 42.5 Å². The maximum absolute atomic E-state index is 5.94. The molecule has 0 aliphatic heterocycles. The molecule has 2 aromatic carbocycles. The number of nitrogen functional groups attached to an aromatic ring is 1. The van der Waals surface area contributed by atoms with Crippen molar-refractivity contribution in [3.05, 3.63) is 54.1 Å². The zero-order chi connectivity index (χ0) is 13.2. The molecule has 94 valence electrons. The number of ether oxygens (including phenoxy) is 1. The molecule has 0 fully saturated rings. The zero-order valence-electron chi connectivity index (χ0n) is 11.1. The van der Waals surface area contributed by atoms with Crippen LogP contribution in [0.2, 0.25) is 0 Å². The fraction of sp³-hybridized carbons (Fsp3) is 0.250. The average molecular weight is 241 g/mol. The van der Waals surface area contributed by atoms with Crippen molar-refractivity contribution < 1.29 is 4.74 Å². The molecule has 0 amide bonds. The van der Waals surface area contributed by atoms with Crippen molar-refractivity contribution in [3.63, 3.8) is 0 Å².